The van der Waals surface area contributed by atoms with E-state index in [1.807, 2.05) is 19.1 Å². The molecule has 0 amide bonds. The maximum Gasteiger partial charge on any atom is 0.309 e. The molecule has 0 heterocycles. The molecular formula is C24H21Cl2FO3. The Bertz CT molecular complexity index is 1040. The van der Waals surface area contributed by atoms with Crippen LogP contribution in [0.1, 0.15) is 40.7 Å². The van der Waals surface area contributed by atoms with Gasteiger partial charge >= 0.3 is 5.97 Å². The van der Waals surface area contributed by atoms with Crippen molar-refractivity contribution in [3.63, 3.8) is 0 Å². The highest BCUT2D eigenvalue weighted by molar-refractivity contribution is 6.36. The first kappa shape index (κ1) is 22.1. The van der Waals surface area contributed by atoms with E-state index in [1.165, 1.54) is 19.2 Å². The molecule has 3 nitrogen and oxygen atoms in total. The van der Waals surface area contributed by atoms with E-state index < -0.39 is 0 Å². The Morgan fingerprint density at radius 3 is 2.27 bits per heavy atom. The maximum atomic E-state index is 13.2. The van der Waals surface area contributed by atoms with Gasteiger partial charge in [0.05, 0.1) is 13.5 Å². The van der Waals surface area contributed by atoms with Gasteiger partial charge in [0.25, 0.3) is 0 Å². The lowest BCUT2D eigenvalue weighted by molar-refractivity contribution is -0.139. The van der Waals surface area contributed by atoms with E-state index in [1.54, 1.807) is 30.3 Å². The van der Waals surface area contributed by atoms with Gasteiger partial charge in [0.1, 0.15) is 11.6 Å². The zero-order valence-corrected chi connectivity index (χ0v) is 18.1. The van der Waals surface area contributed by atoms with Crippen molar-refractivity contribution in [2.75, 3.05) is 7.11 Å². The third-order valence-corrected chi connectivity index (χ3v) is 5.76. The summed E-state index contributed by atoms with van der Waals surface area (Å²) in [7, 11) is 1.33. The summed E-state index contributed by atoms with van der Waals surface area (Å²) in [5, 5.41) is 11.3. The first-order chi connectivity index (χ1) is 14.3. The summed E-state index contributed by atoms with van der Waals surface area (Å²) in [6.07, 6.45) is 0.550. The number of rotatable bonds is 6. The summed E-state index contributed by atoms with van der Waals surface area (Å²) in [5.74, 6) is -0.628. The molecule has 1 unspecified atom stereocenters. The fourth-order valence-electron chi connectivity index (χ4n) is 3.36. The summed E-state index contributed by atoms with van der Waals surface area (Å²) >= 11 is 12.9. The van der Waals surface area contributed by atoms with Gasteiger partial charge in [-0.2, -0.15) is 0 Å². The van der Waals surface area contributed by atoms with Crippen LogP contribution < -0.4 is 0 Å². The highest BCUT2D eigenvalue weighted by Crippen LogP contribution is 2.34. The maximum absolute atomic E-state index is 13.2. The Balaban J connectivity index is 1.88. The highest BCUT2D eigenvalue weighted by Gasteiger charge is 2.16. The number of ether oxygens (including phenoxy) is 1. The molecule has 3 aromatic rings. The van der Waals surface area contributed by atoms with Crippen molar-refractivity contribution in [3.8, 4) is 5.75 Å². The molecule has 3 rings (SSSR count). The molecule has 0 saturated heterocycles. The van der Waals surface area contributed by atoms with Crippen LogP contribution in [0.4, 0.5) is 4.39 Å². The van der Waals surface area contributed by atoms with Crippen molar-refractivity contribution < 1.29 is 19.0 Å². The largest absolute Gasteiger partial charge is 0.508 e. The van der Waals surface area contributed by atoms with Gasteiger partial charge in [-0.25, -0.2) is 4.39 Å². The number of carbonyl (C=O) groups excluding carboxylic acids is 1. The van der Waals surface area contributed by atoms with Crippen molar-refractivity contribution in [1.29, 1.82) is 0 Å². The molecule has 0 spiro atoms. The van der Waals surface area contributed by atoms with Gasteiger partial charge in [0, 0.05) is 27.9 Å². The fourth-order valence-corrected chi connectivity index (χ4v) is 4.03. The number of hydrogen-bond acceptors (Lipinski definition) is 3. The quantitative estimate of drug-likeness (QED) is 0.452. The van der Waals surface area contributed by atoms with Crippen LogP contribution in [0, 0.1) is 5.82 Å². The number of esters is 1. The second-order valence-corrected chi connectivity index (χ2v) is 7.95. The Morgan fingerprint density at radius 2 is 1.67 bits per heavy atom. The smallest absolute Gasteiger partial charge is 0.309 e. The number of aromatic hydroxyl groups is 1. The molecule has 6 heteroatoms. The van der Waals surface area contributed by atoms with Gasteiger partial charge in [0.15, 0.2) is 0 Å². The number of hydrogen-bond donors (Lipinski definition) is 1. The van der Waals surface area contributed by atoms with Crippen LogP contribution in [0.5, 0.6) is 5.75 Å². The molecule has 0 radical (unpaired) electrons. The number of carbonyl (C=O) groups is 1. The second-order valence-electron chi connectivity index (χ2n) is 7.13. The second kappa shape index (κ2) is 9.50. The van der Waals surface area contributed by atoms with Crippen molar-refractivity contribution in [1.82, 2.24) is 0 Å². The van der Waals surface area contributed by atoms with E-state index in [9.17, 15) is 14.3 Å². The minimum absolute atomic E-state index is 0.0920. The van der Waals surface area contributed by atoms with Crippen LogP contribution in [0.2, 0.25) is 10.0 Å². The molecule has 0 aliphatic carbocycles. The normalized spacial score (nSPS) is 11.9. The van der Waals surface area contributed by atoms with Gasteiger partial charge in [-0.3, -0.25) is 4.79 Å². The van der Waals surface area contributed by atoms with Crippen LogP contribution >= 0.6 is 23.2 Å². The molecular weight excluding hydrogens is 426 g/mol. The van der Waals surface area contributed by atoms with Gasteiger partial charge < -0.3 is 9.84 Å². The summed E-state index contributed by atoms with van der Waals surface area (Å²) in [5.41, 5.74) is 3.96. The third kappa shape index (κ3) is 5.13. The zero-order chi connectivity index (χ0) is 21.8. The van der Waals surface area contributed by atoms with Crippen molar-refractivity contribution >= 4 is 29.2 Å². The lowest BCUT2D eigenvalue weighted by Crippen LogP contribution is -2.05. The van der Waals surface area contributed by atoms with Crippen LogP contribution in [-0.4, -0.2) is 18.2 Å². The van der Waals surface area contributed by atoms with Gasteiger partial charge in [0.2, 0.25) is 0 Å². The molecule has 0 fully saturated rings. The monoisotopic (exact) mass is 446 g/mol. The van der Waals surface area contributed by atoms with Crippen molar-refractivity contribution in [2.45, 2.75) is 25.7 Å². The number of halogens is 3. The third-order valence-electron chi connectivity index (χ3n) is 5.09. The number of phenolic OH excluding ortho intramolecular Hbond substituents is 1. The van der Waals surface area contributed by atoms with E-state index in [0.717, 1.165) is 22.3 Å². The van der Waals surface area contributed by atoms with Gasteiger partial charge in [-0.1, -0.05) is 54.4 Å². The molecule has 0 aliphatic rings. The molecule has 1 N–H and O–H groups in total. The van der Waals surface area contributed by atoms with E-state index >= 15 is 0 Å². The molecule has 3 aromatic carbocycles. The van der Waals surface area contributed by atoms with E-state index in [2.05, 4.69) is 4.74 Å². The first-order valence-electron chi connectivity index (χ1n) is 9.39. The fraction of sp³-hybridized carbons (Fsp3) is 0.208. The summed E-state index contributed by atoms with van der Waals surface area (Å²) in [6.45, 7) is 1.95. The Hall–Kier alpha value is -2.56. The van der Waals surface area contributed by atoms with Crippen LogP contribution in [-0.2, 0) is 22.4 Å². The van der Waals surface area contributed by atoms with Crippen LogP contribution in [0.3, 0.4) is 0 Å². The summed E-state index contributed by atoms with van der Waals surface area (Å²) < 4.78 is 17.9. The van der Waals surface area contributed by atoms with Gasteiger partial charge in [-0.15, -0.1) is 0 Å². The van der Waals surface area contributed by atoms with Crippen LogP contribution in [0.25, 0.3) is 0 Å². The predicted molar refractivity (Wildman–Crippen MR) is 117 cm³/mol. The molecule has 30 heavy (non-hydrogen) atoms. The zero-order valence-electron chi connectivity index (χ0n) is 16.6. The minimum Gasteiger partial charge on any atom is -0.508 e. The van der Waals surface area contributed by atoms with E-state index in [0.29, 0.717) is 22.0 Å². The molecule has 1 atom stereocenters. The molecule has 0 saturated carbocycles. The van der Waals surface area contributed by atoms with Crippen molar-refractivity contribution in [3.05, 3.63) is 98.3 Å². The summed E-state index contributed by atoms with van der Waals surface area (Å²) in [4.78, 5) is 11.5. The highest BCUT2D eigenvalue weighted by atomic mass is 35.5. The Kier molecular flexibility index (Phi) is 7.01. The Labute approximate surface area is 185 Å². The molecule has 0 bridgehead atoms. The lowest BCUT2D eigenvalue weighted by atomic mass is 9.90. The predicted octanol–water partition coefficient (Wildman–Crippen LogP) is 6.30. The number of methoxy groups -OCH3 is 1. The van der Waals surface area contributed by atoms with E-state index in [4.69, 9.17) is 23.2 Å². The lowest BCUT2D eigenvalue weighted by Gasteiger charge is -2.16. The topological polar surface area (TPSA) is 46.5 Å². The van der Waals surface area contributed by atoms with Crippen molar-refractivity contribution in [2.24, 2.45) is 0 Å². The Morgan fingerprint density at radius 1 is 1.03 bits per heavy atom. The van der Waals surface area contributed by atoms with Crippen LogP contribution in [0.15, 0.2) is 54.6 Å². The molecule has 0 aliphatic heterocycles. The molecule has 156 valence electrons. The SMILES string of the molecule is COC(=O)Cc1cc(Cl)c(Cc2ccc(O)c(C(C)c3ccc(F)cc3)c2)c(Cl)c1. The minimum atomic E-state index is -0.368. The number of benzene rings is 3. The number of phenols is 1. The molecule has 0 aromatic heterocycles. The first-order valence-corrected chi connectivity index (χ1v) is 10.1. The average molecular weight is 447 g/mol. The summed E-state index contributed by atoms with van der Waals surface area (Å²) in [6, 6.07) is 15.0. The average Bonchev–Trinajstić information content (AvgIpc) is 2.72. The van der Waals surface area contributed by atoms with Gasteiger partial charge in [-0.05, 0) is 52.6 Å². The van der Waals surface area contributed by atoms with E-state index in [-0.39, 0.29) is 29.9 Å². The standard InChI is InChI=1S/C24H21Cl2FO3/c1-14(17-4-6-18(27)7-5-17)19-9-15(3-8-23(19)28)10-20-21(25)11-16(12-22(20)26)13-24(29)30-2/h3-9,11-12,14,28H,10,13H2,1-2H3.